The highest BCUT2D eigenvalue weighted by molar-refractivity contribution is 5.97. The fraction of sp³-hybridized carbons (Fsp3) is 0.296. The van der Waals surface area contributed by atoms with E-state index in [1.165, 1.54) is 18.7 Å². The molecule has 4 nitrogen and oxygen atoms in total. The van der Waals surface area contributed by atoms with Crippen molar-refractivity contribution in [2.45, 2.75) is 51.5 Å². The second-order valence-electron chi connectivity index (χ2n) is 8.24. The van der Waals surface area contributed by atoms with Gasteiger partial charge in [-0.3, -0.25) is 9.59 Å². The first-order valence-corrected chi connectivity index (χ1v) is 11.2. The quantitative estimate of drug-likeness (QED) is 0.325. The standard InChI is InChI=1S/C27H27FN2O2/c1-2-27(32)30(23-4-3-5-23)24-14-12-21(13-15-24)20-8-10-22(11-9-20)25(31)16-6-19-7-17-26(28)29-18-19/h7-15,17-18,23H,2-6,16H2,1H3. The summed E-state index contributed by atoms with van der Waals surface area (Å²) in [6, 6.07) is 18.9. The molecule has 0 radical (unpaired) electrons. The normalized spacial score (nSPS) is 13.4. The Hall–Kier alpha value is -3.34. The highest BCUT2D eigenvalue weighted by Gasteiger charge is 2.29. The summed E-state index contributed by atoms with van der Waals surface area (Å²) in [4.78, 5) is 30.5. The summed E-state index contributed by atoms with van der Waals surface area (Å²) < 4.78 is 12.9. The lowest BCUT2D eigenvalue weighted by atomic mass is 9.90. The van der Waals surface area contributed by atoms with E-state index in [2.05, 4.69) is 4.98 Å². The van der Waals surface area contributed by atoms with Crippen molar-refractivity contribution >= 4 is 17.4 Å². The molecule has 5 heteroatoms. The van der Waals surface area contributed by atoms with Crippen LogP contribution in [-0.2, 0) is 11.2 Å². The number of aromatic nitrogens is 1. The number of carbonyl (C=O) groups is 2. The molecule has 0 bridgehead atoms. The van der Waals surface area contributed by atoms with Crippen molar-refractivity contribution in [1.82, 2.24) is 4.98 Å². The van der Waals surface area contributed by atoms with Gasteiger partial charge in [-0.1, -0.05) is 49.4 Å². The SMILES string of the molecule is CCC(=O)N(c1ccc(-c2ccc(C(=O)CCc3ccc(F)nc3)cc2)cc1)C1CCC1. The predicted octanol–water partition coefficient (Wildman–Crippen LogP) is 6.00. The zero-order valence-electron chi connectivity index (χ0n) is 18.3. The molecule has 2 aromatic carbocycles. The van der Waals surface area contributed by atoms with Gasteiger partial charge >= 0.3 is 0 Å². The van der Waals surface area contributed by atoms with Gasteiger partial charge in [-0.15, -0.1) is 0 Å². The van der Waals surface area contributed by atoms with Crippen LogP contribution in [-0.4, -0.2) is 22.7 Å². The van der Waals surface area contributed by atoms with Crippen molar-refractivity contribution in [3.63, 3.8) is 0 Å². The van der Waals surface area contributed by atoms with Crippen LogP contribution in [0, 0.1) is 5.95 Å². The van der Waals surface area contributed by atoms with E-state index in [-0.39, 0.29) is 11.7 Å². The van der Waals surface area contributed by atoms with Crippen LogP contribution in [0.15, 0.2) is 66.9 Å². The summed E-state index contributed by atoms with van der Waals surface area (Å²) in [5.41, 5.74) is 4.52. The number of halogens is 1. The molecule has 0 N–H and O–H groups in total. The number of aryl methyl sites for hydroxylation is 1. The maximum absolute atomic E-state index is 12.9. The van der Waals surface area contributed by atoms with Crippen LogP contribution >= 0.6 is 0 Å². The minimum absolute atomic E-state index is 0.0467. The summed E-state index contributed by atoms with van der Waals surface area (Å²) in [6.45, 7) is 1.90. The van der Waals surface area contributed by atoms with E-state index in [1.807, 2.05) is 60.4 Å². The summed E-state index contributed by atoms with van der Waals surface area (Å²) in [5.74, 6) is -0.302. The fourth-order valence-corrected chi connectivity index (χ4v) is 3.99. The monoisotopic (exact) mass is 430 g/mol. The molecule has 0 unspecified atom stereocenters. The van der Waals surface area contributed by atoms with E-state index in [0.717, 1.165) is 35.2 Å². The van der Waals surface area contributed by atoms with Gasteiger partial charge in [0.15, 0.2) is 5.78 Å². The number of benzene rings is 2. The molecule has 1 saturated carbocycles. The molecule has 0 saturated heterocycles. The first-order valence-electron chi connectivity index (χ1n) is 11.2. The molecule has 1 aliphatic rings. The molecule has 4 rings (SSSR count). The van der Waals surface area contributed by atoms with Gasteiger partial charge in [-0.2, -0.15) is 4.39 Å². The van der Waals surface area contributed by atoms with Gasteiger partial charge in [0.25, 0.3) is 0 Å². The number of rotatable bonds is 8. The molecular weight excluding hydrogens is 403 g/mol. The van der Waals surface area contributed by atoms with Crippen molar-refractivity contribution in [2.24, 2.45) is 0 Å². The van der Waals surface area contributed by atoms with E-state index in [4.69, 9.17) is 0 Å². The highest BCUT2D eigenvalue weighted by atomic mass is 19.1. The van der Waals surface area contributed by atoms with E-state index in [1.54, 1.807) is 6.07 Å². The molecule has 3 aromatic rings. The van der Waals surface area contributed by atoms with Gasteiger partial charge in [-0.05, 0) is 60.6 Å². The Labute approximate surface area is 188 Å². The molecule has 1 aliphatic carbocycles. The van der Waals surface area contributed by atoms with E-state index in [9.17, 15) is 14.0 Å². The number of anilines is 1. The number of Topliss-reactive ketones (excluding diaryl/α,β-unsaturated/α-hetero) is 1. The lowest BCUT2D eigenvalue weighted by molar-refractivity contribution is -0.119. The molecule has 164 valence electrons. The molecule has 0 atom stereocenters. The zero-order valence-corrected chi connectivity index (χ0v) is 18.3. The Morgan fingerprint density at radius 3 is 2.16 bits per heavy atom. The van der Waals surface area contributed by atoms with Gasteiger partial charge in [0.05, 0.1) is 0 Å². The third-order valence-electron chi connectivity index (χ3n) is 6.13. The molecule has 0 aliphatic heterocycles. The minimum Gasteiger partial charge on any atom is -0.309 e. The second kappa shape index (κ2) is 9.86. The van der Waals surface area contributed by atoms with Crippen LogP contribution in [0.5, 0.6) is 0 Å². The lowest BCUT2D eigenvalue weighted by Gasteiger charge is -2.37. The van der Waals surface area contributed by atoms with Crippen molar-refractivity contribution in [1.29, 1.82) is 0 Å². The molecule has 1 amide bonds. The fourth-order valence-electron chi connectivity index (χ4n) is 3.99. The Morgan fingerprint density at radius 1 is 0.969 bits per heavy atom. The van der Waals surface area contributed by atoms with E-state index < -0.39 is 5.95 Å². The second-order valence-corrected chi connectivity index (χ2v) is 8.24. The smallest absolute Gasteiger partial charge is 0.226 e. The molecule has 0 spiro atoms. The van der Waals surface area contributed by atoms with Crippen molar-refractivity contribution < 1.29 is 14.0 Å². The number of nitrogens with zero attached hydrogens (tertiary/aromatic N) is 2. The van der Waals surface area contributed by atoms with Gasteiger partial charge < -0.3 is 4.90 Å². The van der Waals surface area contributed by atoms with Gasteiger partial charge in [0, 0.05) is 36.3 Å². The van der Waals surface area contributed by atoms with Crippen LogP contribution < -0.4 is 4.90 Å². The van der Waals surface area contributed by atoms with Crippen molar-refractivity contribution in [2.75, 3.05) is 4.90 Å². The molecule has 1 aromatic heterocycles. The van der Waals surface area contributed by atoms with Gasteiger partial charge in [0.2, 0.25) is 11.9 Å². The Bertz CT molecular complexity index is 1070. The molecule has 32 heavy (non-hydrogen) atoms. The van der Waals surface area contributed by atoms with Gasteiger partial charge in [0.1, 0.15) is 0 Å². The molecule has 1 fully saturated rings. The summed E-state index contributed by atoms with van der Waals surface area (Å²) in [6.07, 6.45) is 6.18. The Morgan fingerprint density at radius 2 is 1.62 bits per heavy atom. The van der Waals surface area contributed by atoms with Crippen LogP contribution in [0.25, 0.3) is 11.1 Å². The third kappa shape index (κ3) is 4.93. The van der Waals surface area contributed by atoms with E-state index >= 15 is 0 Å². The number of ketones is 1. The minimum atomic E-state index is -0.517. The lowest BCUT2D eigenvalue weighted by Crippen LogP contribution is -2.44. The maximum Gasteiger partial charge on any atom is 0.226 e. The van der Waals surface area contributed by atoms with Crippen LogP contribution in [0.3, 0.4) is 0 Å². The van der Waals surface area contributed by atoms with Crippen LogP contribution in [0.1, 0.15) is 54.9 Å². The molecular formula is C27H27FN2O2. The third-order valence-corrected chi connectivity index (χ3v) is 6.13. The Balaban J connectivity index is 1.41. The average Bonchev–Trinajstić information content (AvgIpc) is 2.80. The zero-order chi connectivity index (χ0) is 22.5. The molecule has 1 heterocycles. The topological polar surface area (TPSA) is 50.3 Å². The van der Waals surface area contributed by atoms with E-state index in [0.29, 0.717) is 30.9 Å². The van der Waals surface area contributed by atoms with Gasteiger partial charge in [-0.25, -0.2) is 4.98 Å². The summed E-state index contributed by atoms with van der Waals surface area (Å²) >= 11 is 0. The van der Waals surface area contributed by atoms with Crippen molar-refractivity contribution in [3.05, 3.63) is 83.9 Å². The summed E-state index contributed by atoms with van der Waals surface area (Å²) in [7, 11) is 0. The first kappa shape index (κ1) is 21.9. The average molecular weight is 431 g/mol. The largest absolute Gasteiger partial charge is 0.309 e. The van der Waals surface area contributed by atoms with Crippen molar-refractivity contribution in [3.8, 4) is 11.1 Å². The van der Waals surface area contributed by atoms with Crippen LogP contribution in [0.4, 0.5) is 10.1 Å². The number of pyridine rings is 1. The number of hydrogen-bond acceptors (Lipinski definition) is 3. The predicted molar refractivity (Wildman–Crippen MR) is 124 cm³/mol. The summed E-state index contributed by atoms with van der Waals surface area (Å²) in [5, 5.41) is 0. The number of carbonyl (C=O) groups excluding carboxylic acids is 2. The van der Waals surface area contributed by atoms with Crippen LogP contribution in [0.2, 0.25) is 0 Å². The number of amides is 1. The number of hydrogen-bond donors (Lipinski definition) is 0. The maximum atomic E-state index is 12.9. The highest BCUT2D eigenvalue weighted by Crippen LogP contribution is 2.32. The first-order chi connectivity index (χ1) is 15.5. The Kier molecular flexibility index (Phi) is 6.74.